The number of nitrogens with zero attached hydrogens (tertiary/aromatic N) is 1. The van der Waals surface area contributed by atoms with E-state index in [0.29, 0.717) is 20.1 Å². The zero-order chi connectivity index (χ0) is 25.3. The van der Waals surface area contributed by atoms with Crippen LogP contribution in [0.3, 0.4) is 0 Å². The number of fused-ring (bicyclic) bond motifs is 1. The van der Waals surface area contributed by atoms with Crippen molar-refractivity contribution in [2.75, 3.05) is 13.7 Å². The van der Waals surface area contributed by atoms with Gasteiger partial charge in [-0.25, -0.2) is 9.59 Å². The Morgan fingerprint density at radius 1 is 1.03 bits per heavy atom. The van der Waals surface area contributed by atoms with Gasteiger partial charge in [0.25, 0.3) is 5.56 Å². The summed E-state index contributed by atoms with van der Waals surface area (Å²) in [6.07, 6.45) is 1.66. The molecular formula is C25H20Cl2N2O5S. The zero-order valence-electron chi connectivity index (χ0n) is 18.7. The lowest BCUT2D eigenvalue weighted by Gasteiger charge is -2.26. The third-order valence-corrected chi connectivity index (χ3v) is 7.03. The number of methoxy groups -OCH3 is 1. The van der Waals surface area contributed by atoms with Crippen LogP contribution in [0, 0.1) is 0 Å². The molecule has 0 spiro atoms. The van der Waals surface area contributed by atoms with E-state index in [4.69, 9.17) is 38.4 Å². The topological polar surface area (TPSA) is 101 Å². The molecule has 0 saturated carbocycles. The molecular weight excluding hydrogens is 511 g/mol. The van der Waals surface area contributed by atoms with E-state index in [-0.39, 0.29) is 28.2 Å². The first kappa shape index (κ1) is 24.8. The Balaban J connectivity index is 2.10. The van der Waals surface area contributed by atoms with Gasteiger partial charge in [0.15, 0.2) is 0 Å². The van der Waals surface area contributed by atoms with Crippen LogP contribution in [0.2, 0.25) is 10.0 Å². The molecule has 0 saturated heterocycles. The Labute approximate surface area is 214 Å². The molecule has 0 aliphatic carbocycles. The summed E-state index contributed by atoms with van der Waals surface area (Å²) in [5, 5.41) is 1.04. The molecule has 2 aromatic carbocycles. The molecule has 10 heteroatoms. The minimum Gasteiger partial charge on any atom is -0.466 e. The molecule has 2 N–H and O–H groups in total. The average molecular weight is 531 g/mol. The van der Waals surface area contributed by atoms with Crippen molar-refractivity contribution in [1.29, 1.82) is 0 Å². The van der Waals surface area contributed by atoms with E-state index in [1.54, 1.807) is 61.5 Å². The first-order valence-corrected chi connectivity index (χ1v) is 12.1. The lowest BCUT2D eigenvalue weighted by atomic mass is 9.83. The van der Waals surface area contributed by atoms with Crippen molar-refractivity contribution >= 4 is 63.9 Å². The third-order valence-electron chi connectivity index (χ3n) is 5.42. The number of halogens is 2. The summed E-state index contributed by atoms with van der Waals surface area (Å²) in [6.45, 7) is 1.73. The van der Waals surface area contributed by atoms with Crippen molar-refractivity contribution in [3.05, 3.63) is 94.8 Å². The van der Waals surface area contributed by atoms with Crippen LogP contribution >= 0.6 is 34.5 Å². The molecule has 0 bridgehead atoms. The number of rotatable bonds is 5. The summed E-state index contributed by atoms with van der Waals surface area (Å²) in [4.78, 5) is 39.6. The minimum atomic E-state index is -0.930. The van der Waals surface area contributed by atoms with Crippen molar-refractivity contribution < 1.29 is 19.1 Å². The van der Waals surface area contributed by atoms with Crippen LogP contribution in [-0.2, 0) is 19.1 Å². The van der Waals surface area contributed by atoms with E-state index >= 15 is 0 Å². The molecule has 180 valence electrons. The van der Waals surface area contributed by atoms with Crippen LogP contribution in [0.25, 0.3) is 17.5 Å². The van der Waals surface area contributed by atoms with E-state index < -0.39 is 23.4 Å². The predicted molar refractivity (Wildman–Crippen MR) is 137 cm³/mol. The molecule has 35 heavy (non-hydrogen) atoms. The van der Waals surface area contributed by atoms with E-state index in [9.17, 15) is 14.4 Å². The molecule has 3 aromatic rings. The first-order valence-electron chi connectivity index (χ1n) is 10.5. The second-order valence-electron chi connectivity index (χ2n) is 7.52. The minimum absolute atomic E-state index is 0.0278. The fraction of sp³-hybridized carbons (Fsp3) is 0.160. The Bertz CT molecular complexity index is 1520. The van der Waals surface area contributed by atoms with E-state index in [1.807, 2.05) is 0 Å². The number of nitrogens with two attached hydrogens (primary N) is 1. The Morgan fingerprint density at radius 3 is 2.20 bits per heavy atom. The number of hydrogen-bond acceptors (Lipinski definition) is 7. The second-order valence-corrected chi connectivity index (χ2v) is 9.42. The van der Waals surface area contributed by atoms with Crippen molar-refractivity contribution in [1.82, 2.24) is 4.57 Å². The standard InChI is InChI=1S/C25H20Cl2N2O5S/c1-3-34-25(32)19-18(14-6-10-16(27)11-7-14)20(24(31)33-2)23-29(21(19)28)22(30)17(35-23)12-13-4-8-15(26)9-5-13/h4-12,18H,3,28H2,1-2H3/b17-12-. The first-order chi connectivity index (χ1) is 16.8. The van der Waals surface area contributed by atoms with Crippen LogP contribution in [0.1, 0.15) is 24.0 Å². The highest BCUT2D eigenvalue weighted by Crippen LogP contribution is 2.38. The van der Waals surface area contributed by atoms with Gasteiger partial charge in [-0.05, 0) is 48.4 Å². The number of carbonyl (C=O) groups is 2. The molecule has 1 aromatic heterocycles. The second kappa shape index (κ2) is 10.1. The number of esters is 2. The van der Waals surface area contributed by atoms with Crippen molar-refractivity contribution in [2.24, 2.45) is 5.73 Å². The number of carbonyl (C=O) groups excluding carboxylic acids is 2. The third kappa shape index (κ3) is 4.65. The van der Waals surface area contributed by atoms with Gasteiger partial charge >= 0.3 is 11.9 Å². The lowest BCUT2D eigenvalue weighted by Crippen LogP contribution is -2.41. The van der Waals surface area contributed by atoms with Crippen LogP contribution in [-0.4, -0.2) is 30.2 Å². The van der Waals surface area contributed by atoms with Crippen LogP contribution in [0.15, 0.2) is 58.9 Å². The highest BCUT2D eigenvalue weighted by atomic mass is 35.5. The molecule has 0 radical (unpaired) electrons. The summed E-state index contributed by atoms with van der Waals surface area (Å²) in [6, 6.07) is 13.6. The number of hydrogen-bond donors (Lipinski definition) is 1. The predicted octanol–water partition coefficient (Wildman–Crippen LogP) is 2.86. The van der Waals surface area contributed by atoms with Gasteiger partial charge < -0.3 is 15.2 Å². The number of aromatic nitrogens is 1. The van der Waals surface area contributed by atoms with Gasteiger partial charge in [-0.1, -0.05) is 47.5 Å². The molecule has 1 aliphatic heterocycles. The normalized spacial score (nSPS) is 15.7. The zero-order valence-corrected chi connectivity index (χ0v) is 21.0. The fourth-order valence-corrected chi connectivity index (χ4v) is 5.28. The summed E-state index contributed by atoms with van der Waals surface area (Å²) in [5.41, 5.74) is 7.33. The summed E-state index contributed by atoms with van der Waals surface area (Å²) in [5.74, 6) is -2.48. The Hall–Kier alpha value is -3.33. The van der Waals surface area contributed by atoms with Gasteiger partial charge in [-0.2, -0.15) is 0 Å². The van der Waals surface area contributed by atoms with Crippen molar-refractivity contribution in [3.8, 4) is 0 Å². The van der Waals surface area contributed by atoms with E-state index in [0.717, 1.165) is 21.5 Å². The summed E-state index contributed by atoms with van der Waals surface area (Å²) < 4.78 is 12.1. The molecule has 0 amide bonds. The van der Waals surface area contributed by atoms with Crippen LogP contribution in [0.4, 0.5) is 0 Å². The van der Waals surface area contributed by atoms with Gasteiger partial charge in [0.2, 0.25) is 0 Å². The van der Waals surface area contributed by atoms with Crippen molar-refractivity contribution in [2.45, 2.75) is 12.8 Å². The number of benzene rings is 2. The molecule has 2 heterocycles. The largest absolute Gasteiger partial charge is 0.466 e. The molecule has 1 aliphatic rings. The maximum Gasteiger partial charge on any atom is 0.338 e. The fourth-order valence-electron chi connectivity index (χ4n) is 3.86. The monoisotopic (exact) mass is 530 g/mol. The average Bonchev–Trinajstić information content (AvgIpc) is 3.16. The van der Waals surface area contributed by atoms with Crippen LogP contribution < -0.4 is 20.5 Å². The summed E-state index contributed by atoms with van der Waals surface area (Å²) >= 11 is 13.1. The van der Waals surface area contributed by atoms with Gasteiger partial charge in [0.05, 0.1) is 35.3 Å². The number of ether oxygens (including phenoxy) is 2. The van der Waals surface area contributed by atoms with Gasteiger partial charge in [-0.15, -0.1) is 11.3 Å². The Kier molecular flexibility index (Phi) is 7.16. The highest BCUT2D eigenvalue weighted by molar-refractivity contribution is 7.07. The smallest absolute Gasteiger partial charge is 0.338 e. The SMILES string of the molecule is CCOC(=O)C1=C(N)n2c(s/c(=C\c3ccc(Cl)cc3)c2=O)=C(C(=O)OC)C1c1ccc(Cl)cc1. The molecule has 1 unspecified atom stereocenters. The van der Waals surface area contributed by atoms with Gasteiger partial charge in [-0.3, -0.25) is 9.36 Å². The van der Waals surface area contributed by atoms with E-state index in [1.165, 1.54) is 7.11 Å². The van der Waals surface area contributed by atoms with E-state index in [2.05, 4.69) is 0 Å². The quantitative estimate of drug-likeness (QED) is 0.509. The van der Waals surface area contributed by atoms with Gasteiger partial charge in [0, 0.05) is 10.0 Å². The Morgan fingerprint density at radius 2 is 1.63 bits per heavy atom. The molecule has 1 atom stereocenters. The lowest BCUT2D eigenvalue weighted by molar-refractivity contribution is -0.138. The molecule has 0 fully saturated rings. The summed E-state index contributed by atoms with van der Waals surface area (Å²) in [7, 11) is 1.23. The van der Waals surface area contributed by atoms with Crippen LogP contribution in [0.5, 0.6) is 0 Å². The number of thiazole rings is 1. The molecule has 7 nitrogen and oxygen atoms in total. The maximum absolute atomic E-state index is 13.4. The molecule has 4 rings (SSSR count). The maximum atomic E-state index is 13.4. The van der Waals surface area contributed by atoms with Gasteiger partial charge in [0.1, 0.15) is 10.5 Å². The van der Waals surface area contributed by atoms with Crippen molar-refractivity contribution in [3.63, 3.8) is 0 Å². The highest BCUT2D eigenvalue weighted by Gasteiger charge is 2.39.